The quantitative estimate of drug-likeness (QED) is 0.159. The van der Waals surface area contributed by atoms with Crippen LogP contribution in [0.25, 0.3) is 22.0 Å². The maximum Gasteiger partial charge on any atom is 0.323 e. The number of rotatable bonds is 8. The molecule has 0 unspecified atom stereocenters. The fraction of sp³-hybridized carbons (Fsp3) is 0.214. The average molecular weight is 501 g/mol. The highest BCUT2D eigenvalue weighted by molar-refractivity contribution is 6.76. The minimum atomic E-state index is -1.17. The predicted octanol–water partition coefficient (Wildman–Crippen LogP) is 6.78. The molecule has 1 heterocycles. The standard InChI is InChI=1S/C28H29FN4O2Si/c1-5-26-25-14-11-21(17-27(25)33(32-26)19-35-15-16-36(2,3)4)20-9-12-23(13-10-20)30-28(34)31-24-8-6-7-22(29)18-24/h1,6-14,17-18H,15-16,19H2,2-4H3,(H2,30,31,34). The molecule has 0 saturated carbocycles. The van der Waals surface area contributed by atoms with Gasteiger partial charge in [0.1, 0.15) is 18.2 Å². The Hall–Kier alpha value is -3.93. The molecule has 4 aromatic rings. The first-order valence-electron chi connectivity index (χ1n) is 11.7. The van der Waals surface area contributed by atoms with E-state index in [2.05, 4.69) is 41.3 Å². The molecule has 3 aromatic carbocycles. The Balaban J connectivity index is 1.47. The van der Waals surface area contributed by atoms with E-state index in [1.165, 1.54) is 18.2 Å². The van der Waals surface area contributed by atoms with Crippen molar-refractivity contribution in [1.82, 2.24) is 9.78 Å². The second kappa shape index (κ2) is 10.8. The molecule has 2 N–H and O–H groups in total. The van der Waals surface area contributed by atoms with Crippen LogP contribution in [0, 0.1) is 18.2 Å². The van der Waals surface area contributed by atoms with Crippen molar-refractivity contribution in [2.24, 2.45) is 0 Å². The van der Waals surface area contributed by atoms with Gasteiger partial charge in [-0.1, -0.05) is 43.9 Å². The molecule has 1 aromatic heterocycles. The summed E-state index contributed by atoms with van der Waals surface area (Å²) in [5, 5.41) is 10.8. The van der Waals surface area contributed by atoms with E-state index < -0.39 is 19.9 Å². The maximum absolute atomic E-state index is 13.3. The number of fused-ring (bicyclic) bond motifs is 1. The van der Waals surface area contributed by atoms with Gasteiger partial charge in [-0.05, 0) is 65.6 Å². The second-order valence-electron chi connectivity index (χ2n) is 9.74. The molecule has 36 heavy (non-hydrogen) atoms. The number of terminal acetylenes is 1. The van der Waals surface area contributed by atoms with Crippen LogP contribution in [-0.2, 0) is 11.5 Å². The van der Waals surface area contributed by atoms with Crippen LogP contribution < -0.4 is 10.6 Å². The Morgan fingerprint density at radius 1 is 1.03 bits per heavy atom. The molecule has 0 spiro atoms. The number of hydrogen-bond acceptors (Lipinski definition) is 3. The molecular weight excluding hydrogens is 471 g/mol. The molecule has 0 saturated heterocycles. The number of carbonyl (C=O) groups excluding carboxylic acids is 1. The van der Waals surface area contributed by atoms with E-state index in [1.807, 2.05) is 47.1 Å². The number of carbonyl (C=O) groups is 1. The van der Waals surface area contributed by atoms with Crippen molar-refractivity contribution >= 4 is 36.4 Å². The van der Waals surface area contributed by atoms with Gasteiger partial charge >= 0.3 is 6.03 Å². The van der Waals surface area contributed by atoms with Gasteiger partial charge in [0.2, 0.25) is 0 Å². The summed E-state index contributed by atoms with van der Waals surface area (Å²) in [7, 11) is -1.17. The zero-order valence-electron chi connectivity index (χ0n) is 20.6. The van der Waals surface area contributed by atoms with E-state index in [9.17, 15) is 9.18 Å². The van der Waals surface area contributed by atoms with Crippen molar-refractivity contribution in [3.63, 3.8) is 0 Å². The highest BCUT2D eigenvalue weighted by atomic mass is 28.3. The second-order valence-corrected chi connectivity index (χ2v) is 15.4. The van der Waals surface area contributed by atoms with Gasteiger partial charge in [-0.3, -0.25) is 0 Å². The van der Waals surface area contributed by atoms with Crippen molar-refractivity contribution in [3.05, 3.63) is 78.2 Å². The number of nitrogens with zero attached hydrogens (tertiary/aromatic N) is 2. The van der Waals surface area contributed by atoms with E-state index >= 15 is 0 Å². The van der Waals surface area contributed by atoms with Crippen molar-refractivity contribution in [3.8, 4) is 23.5 Å². The van der Waals surface area contributed by atoms with Crippen LogP contribution in [0.15, 0.2) is 66.7 Å². The Morgan fingerprint density at radius 2 is 1.75 bits per heavy atom. The fourth-order valence-corrected chi connectivity index (χ4v) is 4.45. The number of halogens is 1. The summed E-state index contributed by atoms with van der Waals surface area (Å²) in [6.45, 7) is 8.00. The molecule has 0 radical (unpaired) electrons. The van der Waals surface area contributed by atoms with E-state index in [0.29, 0.717) is 30.4 Å². The van der Waals surface area contributed by atoms with Gasteiger partial charge in [0.05, 0.1) is 5.52 Å². The zero-order chi connectivity index (χ0) is 25.7. The molecule has 0 fully saturated rings. The maximum atomic E-state index is 13.3. The van der Waals surface area contributed by atoms with Crippen molar-refractivity contribution in [2.45, 2.75) is 32.4 Å². The molecule has 184 valence electrons. The summed E-state index contributed by atoms with van der Waals surface area (Å²) in [6.07, 6.45) is 5.68. The van der Waals surface area contributed by atoms with Crippen LogP contribution in [0.2, 0.25) is 25.7 Å². The van der Waals surface area contributed by atoms with E-state index in [-0.39, 0.29) is 0 Å². The van der Waals surface area contributed by atoms with Crippen LogP contribution in [0.3, 0.4) is 0 Å². The third-order valence-electron chi connectivity index (χ3n) is 5.66. The van der Waals surface area contributed by atoms with Gasteiger partial charge in [0, 0.05) is 31.4 Å². The third-order valence-corrected chi connectivity index (χ3v) is 7.36. The van der Waals surface area contributed by atoms with Crippen LogP contribution >= 0.6 is 0 Å². The van der Waals surface area contributed by atoms with Crippen LogP contribution in [-0.4, -0.2) is 30.5 Å². The largest absolute Gasteiger partial charge is 0.360 e. The van der Waals surface area contributed by atoms with Gasteiger partial charge in [0.25, 0.3) is 0 Å². The molecule has 0 aliphatic heterocycles. The molecule has 4 rings (SSSR count). The summed E-state index contributed by atoms with van der Waals surface area (Å²) < 4.78 is 21.0. The monoisotopic (exact) mass is 500 g/mol. The smallest absolute Gasteiger partial charge is 0.323 e. The summed E-state index contributed by atoms with van der Waals surface area (Å²) >= 11 is 0. The van der Waals surface area contributed by atoms with Crippen molar-refractivity contribution < 1.29 is 13.9 Å². The van der Waals surface area contributed by atoms with Crippen LogP contribution in [0.4, 0.5) is 20.6 Å². The first-order chi connectivity index (χ1) is 17.2. The lowest BCUT2D eigenvalue weighted by molar-refractivity contribution is 0.0816. The summed E-state index contributed by atoms with van der Waals surface area (Å²) in [5.74, 6) is 2.25. The lowest BCUT2D eigenvalue weighted by Gasteiger charge is -2.15. The number of aromatic nitrogens is 2. The Bertz CT molecular complexity index is 1420. The minimum absolute atomic E-state index is 0.343. The molecule has 2 amide bonds. The van der Waals surface area contributed by atoms with Gasteiger partial charge in [0.15, 0.2) is 0 Å². The summed E-state index contributed by atoms with van der Waals surface area (Å²) in [4.78, 5) is 12.2. The van der Waals surface area contributed by atoms with Gasteiger partial charge in [-0.15, -0.1) is 6.42 Å². The van der Waals surface area contributed by atoms with Crippen molar-refractivity contribution in [2.75, 3.05) is 17.2 Å². The summed E-state index contributed by atoms with van der Waals surface area (Å²) in [6, 6.07) is 19.9. The number of urea groups is 1. The highest BCUT2D eigenvalue weighted by Gasteiger charge is 2.14. The highest BCUT2D eigenvalue weighted by Crippen LogP contribution is 2.27. The van der Waals surface area contributed by atoms with Crippen LogP contribution in [0.5, 0.6) is 0 Å². The van der Waals surface area contributed by atoms with Crippen molar-refractivity contribution in [1.29, 1.82) is 0 Å². The lowest BCUT2D eigenvalue weighted by Crippen LogP contribution is -2.22. The molecule has 8 heteroatoms. The first kappa shape index (κ1) is 25.2. The number of amides is 2. The lowest BCUT2D eigenvalue weighted by atomic mass is 10.0. The van der Waals surface area contributed by atoms with E-state index in [1.54, 1.807) is 6.07 Å². The third kappa shape index (κ3) is 6.39. The Labute approximate surface area is 211 Å². The van der Waals surface area contributed by atoms with E-state index in [0.717, 1.165) is 28.1 Å². The van der Waals surface area contributed by atoms with Gasteiger partial charge in [-0.25, -0.2) is 13.9 Å². The summed E-state index contributed by atoms with van der Waals surface area (Å²) in [5.41, 5.74) is 4.46. The molecule has 0 atom stereocenters. The predicted molar refractivity (Wildman–Crippen MR) is 146 cm³/mol. The minimum Gasteiger partial charge on any atom is -0.360 e. The molecular formula is C28H29FN4O2Si. The Morgan fingerprint density at radius 3 is 2.44 bits per heavy atom. The zero-order valence-corrected chi connectivity index (χ0v) is 21.6. The number of anilines is 2. The van der Waals surface area contributed by atoms with Crippen LogP contribution in [0.1, 0.15) is 5.69 Å². The number of nitrogens with one attached hydrogen (secondary N) is 2. The normalized spacial score (nSPS) is 11.3. The molecule has 0 aliphatic carbocycles. The fourth-order valence-electron chi connectivity index (χ4n) is 3.69. The molecule has 6 nitrogen and oxygen atoms in total. The Kier molecular flexibility index (Phi) is 7.53. The van der Waals surface area contributed by atoms with E-state index in [4.69, 9.17) is 11.2 Å². The van der Waals surface area contributed by atoms with Gasteiger partial charge in [-0.2, -0.15) is 5.10 Å². The topological polar surface area (TPSA) is 68.2 Å². The first-order valence-corrected chi connectivity index (χ1v) is 15.4. The number of benzene rings is 3. The average Bonchev–Trinajstić information content (AvgIpc) is 3.19. The molecule has 0 bridgehead atoms. The van der Waals surface area contributed by atoms with Gasteiger partial charge < -0.3 is 15.4 Å². The SMILES string of the molecule is C#Cc1nn(COCC[Si](C)(C)C)c2cc(-c3ccc(NC(=O)Nc4cccc(F)c4)cc3)ccc12. The number of hydrogen-bond donors (Lipinski definition) is 2. The number of ether oxygens (including phenoxy) is 1. The molecule has 0 aliphatic rings.